The van der Waals surface area contributed by atoms with Crippen molar-refractivity contribution in [3.8, 4) is 0 Å². The summed E-state index contributed by atoms with van der Waals surface area (Å²) in [6, 6.07) is 3.87. The maximum atomic E-state index is 14.2. The van der Waals surface area contributed by atoms with Crippen LogP contribution >= 0.6 is 0 Å². The molecule has 0 unspecified atom stereocenters. The molecule has 1 spiro atoms. The van der Waals surface area contributed by atoms with E-state index in [1.165, 1.54) is 26.2 Å². The summed E-state index contributed by atoms with van der Waals surface area (Å²) >= 11 is 0. The minimum Gasteiger partial charge on any atom is -0.363 e. The molecule has 3 heterocycles. The Morgan fingerprint density at radius 2 is 1.63 bits per heavy atom. The predicted octanol–water partition coefficient (Wildman–Crippen LogP) is 3.19. The molecule has 3 fully saturated rings. The largest absolute Gasteiger partial charge is 0.363 e. The third kappa shape index (κ3) is 2.21. The number of rotatable bonds is 0. The highest BCUT2D eigenvalue weighted by Crippen LogP contribution is 2.64. The van der Waals surface area contributed by atoms with E-state index in [0.717, 1.165) is 34.7 Å². The Bertz CT molecular complexity index is 981. The minimum atomic E-state index is -1.43. The number of benzene rings is 1. The molecule has 3 atom stereocenters. The van der Waals surface area contributed by atoms with Gasteiger partial charge in [0.05, 0.1) is 6.04 Å². The number of hydrogen-bond acceptors (Lipinski definition) is 4. The summed E-state index contributed by atoms with van der Waals surface area (Å²) < 4.78 is 14.2. The summed E-state index contributed by atoms with van der Waals surface area (Å²) in [4.78, 5) is 44.4. The minimum absolute atomic E-state index is 0.0603. The van der Waals surface area contributed by atoms with E-state index in [9.17, 15) is 18.8 Å². The standard InChI is InChI=1S/C23H28FN3O3/c1-21(2)10-15-11-22(3,12-21)17-23(18(28)25(4)20(30)26(5)19(23)29)9-13-8-14(24)6-7-16(13)27(15)17/h6-8,15,17H,9-12H2,1-5H3/t15-,17-,22+/m0/s1. The molecule has 1 saturated carbocycles. The quantitative estimate of drug-likeness (QED) is 0.613. The predicted molar refractivity (Wildman–Crippen MR) is 109 cm³/mol. The monoisotopic (exact) mass is 413 g/mol. The van der Waals surface area contributed by atoms with E-state index < -0.39 is 23.3 Å². The van der Waals surface area contributed by atoms with Gasteiger partial charge in [0.25, 0.3) is 0 Å². The first-order valence-corrected chi connectivity index (χ1v) is 10.6. The van der Waals surface area contributed by atoms with Gasteiger partial charge in [-0.2, -0.15) is 0 Å². The number of anilines is 1. The highest BCUT2D eigenvalue weighted by molar-refractivity contribution is 6.20. The zero-order valence-corrected chi connectivity index (χ0v) is 18.2. The lowest BCUT2D eigenvalue weighted by Crippen LogP contribution is -2.72. The van der Waals surface area contributed by atoms with Crippen molar-refractivity contribution in [2.24, 2.45) is 16.2 Å². The highest BCUT2D eigenvalue weighted by atomic mass is 19.1. The Morgan fingerprint density at radius 1 is 1.00 bits per heavy atom. The van der Waals surface area contributed by atoms with Crippen LogP contribution in [0.15, 0.2) is 18.2 Å². The van der Waals surface area contributed by atoms with Crippen LogP contribution in [0.3, 0.4) is 0 Å². The Kier molecular flexibility index (Phi) is 3.66. The van der Waals surface area contributed by atoms with Gasteiger partial charge < -0.3 is 4.90 Å². The fraction of sp³-hybridized carbons (Fsp3) is 0.609. The molecule has 1 aromatic carbocycles. The van der Waals surface area contributed by atoms with Crippen molar-refractivity contribution in [1.82, 2.24) is 9.80 Å². The number of imide groups is 2. The van der Waals surface area contributed by atoms with Crippen LogP contribution < -0.4 is 4.90 Å². The summed E-state index contributed by atoms with van der Waals surface area (Å²) in [7, 11) is 2.88. The van der Waals surface area contributed by atoms with E-state index in [1.54, 1.807) is 6.07 Å². The lowest BCUT2D eigenvalue weighted by atomic mass is 9.56. The van der Waals surface area contributed by atoms with Crippen molar-refractivity contribution >= 4 is 23.5 Å². The molecule has 160 valence electrons. The lowest BCUT2D eigenvalue weighted by Gasteiger charge is -2.54. The van der Waals surface area contributed by atoms with Crippen LogP contribution in [-0.4, -0.2) is 53.8 Å². The van der Waals surface area contributed by atoms with Crippen molar-refractivity contribution < 1.29 is 18.8 Å². The van der Waals surface area contributed by atoms with E-state index in [1.807, 2.05) is 0 Å². The van der Waals surface area contributed by atoms with Gasteiger partial charge >= 0.3 is 6.03 Å². The number of carbonyl (C=O) groups is 3. The van der Waals surface area contributed by atoms with Crippen LogP contribution in [0.25, 0.3) is 0 Å². The van der Waals surface area contributed by atoms with Crippen LogP contribution in [0, 0.1) is 22.1 Å². The van der Waals surface area contributed by atoms with E-state index in [2.05, 4.69) is 25.7 Å². The summed E-state index contributed by atoms with van der Waals surface area (Å²) in [6.07, 6.45) is 2.82. The molecular weight excluding hydrogens is 385 g/mol. The van der Waals surface area contributed by atoms with Gasteiger partial charge in [0.2, 0.25) is 11.8 Å². The zero-order valence-electron chi connectivity index (χ0n) is 18.2. The van der Waals surface area contributed by atoms with Crippen LogP contribution in [0.1, 0.15) is 45.6 Å². The van der Waals surface area contributed by atoms with Crippen LogP contribution in [0.5, 0.6) is 0 Å². The van der Waals surface area contributed by atoms with Gasteiger partial charge in [-0.15, -0.1) is 0 Å². The molecule has 7 heteroatoms. The molecule has 5 rings (SSSR count). The van der Waals surface area contributed by atoms with Gasteiger partial charge in [0, 0.05) is 25.8 Å². The maximum absolute atomic E-state index is 14.2. The second-order valence-electron chi connectivity index (χ2n) is 10.8. The molecule has 3 aliphatic heterocycles. The normalized spacial score (nSPS) is 33.8. The third-order valence-corrected chi connectivity index (χ3v) is 7.91. The zero-order chi connectivity index (χ0) is 21.8. The SMILES string of the molecule is CN1C(=O)N(C)C(=O)C2(Cc3cc(F)ccc3N3[C@H]4CC(C)(C)C[C@@](C)(C4)[C@H]32)C1=O. The summed E-state index contributed by atoms with van der Waals surface area (Å²) in [5.41, 5.74) is -0.0574. The van der Waals surface area contributed by atoms with Gasteiger partial charge in [0.1, 0.15) is 5.82 Å². The fourth-order valence-electron chi connectivity index (χ4n) is 7.42. The molecule has 2 bridgehead atoms. The van der Waals surface area contributed by atoms with E-state index >= 15 is 0 Å². The van der Waals surface area contributed by atoms with E-state index in [-0.39, 0.29) is 35.2 Å². The topological polar surface area (TPSA) is 60.9 Å². The number of hydrogen-bond donors (Lipinski definition) is 0. The van der Waals surface area contributed by atoms with Crippen molar-refractivity contribution in [1.29, 1.82) is 0 Å². The molecule has 0 N–H and O–H groups in total. The molecule has 30 heavy (non-hydrogen) atoms. The number of urea groups is 1. The number of nitrogens with zero attached hydrogens (tertiary/aromatic N) is 3. The molecular formula is C23H28FN3O3. The molecule has 1 aromatic rings. The summed E-state index contributed by atoms with van der Waals surface area (Å²) in [6.45, 7) is 6.65. The summed E-state index contributed by atoms with van der Waals surface area (Å²) in [5, 5.41) is 0. The van der Waals surface area contributed by atoms with Crippen molar-refractivity contribution in [3.63, 3.8) is 0 Å². The van der Waals surface area contributed by atoms with Gasteiger partial charge in [0.15, 0.2) is 5.41 Å². The lowest BCUT2D eigenvalue weighted by molar-refractivity contribution is -0.161. The average Bonchev–Trinajstić information content (AvgIpc) is 2.89. The Balaban J connectivity index is 1.80. The summed E-state index contributed by atoms with van der Waals surface area (Å²) in [5.74, 6) is -1.32. The van der Waals surface area contributed by atoms with Crippen LogP contribution in [-0.2, 0) is 16.0 Å². The number of fused-ring (bicyclic) bond motifs is 8. The third-order valence-electron chi connectivity index (χ3n) is 7.91. The average molecular weight is 413 g/mol. The van der Waals surface area contributed by atoms with Gasteiger partial charge in [-0.25, -0.2) is 9.18 Å². The molecule has 0 radical (unpaired) electrons. The Hall–Kier alpha value is -2.44. The molecule has 0 aromatic heterocycles. The van der Waals surface area contributed by atoms with Crippen molar-refractivity contribution in [2.45, 2.75) is 58.5 Å². The van der Waals surface area contributed by atoms with Gasteiger partial charge in [-0.1, -0.05) is 20.8 Å². The van der Waals surface area contributed by atoms with E-state index in [0.29, 0.717) is 5.56 Å². The highest BCUT2D eigenvalue weighted by Gasteiger charge is 2.71. The van der Waals surface area contributed by atoms with Crippen LogP contribution in [0.2, 0.25) is 0 Å². The first-order valence-electron chi connectivity index (χ1n) is 10.6. The van der Waals surface area contributed by atoms with Crippen molar-refractivity contribution in [2.75, 3.05) is 19.0 Å². The maximum Gasteiger partial charge on any atom is 0.332 e. The fourth-order valence-corrected chi connectivity index (χ4v) is 7.42. The van der Waals surface area contributed by atoms with E-state index in [4.69, 9.17) is 0 Å². The second kappa shape index (κ2) is 5.62. The molecule has 2 saturated heterocycles. The first kappa shape index (κ1) is 19.5. The molecule has 4 aliphatic rings. The Morgan fingerprint density at radius 3 is 2.27 bits per heavy atom. The number of carbonyl (C=O) groups excluding carboxylic acids is 3. The van der Waals surface area contributed by atoms with Gasteiger partial charge in [-0.05, 0) is 60.3 Å². The van der Waals surface area contributed by atoms with Crippen molar-refractivity contribution in [3.05, 3.63) is 29.6 Å². The van der Waals surface area contributed by atoms with Crippen LogP contribution in [0.4, 0.5) is 14.9 Å². The van der Waals surface area contributed by atoms with Gasteiger partial charge in [-0.3, -0.25) is 19.4 Å². The second-order valence-corrected chi connectivity index (χ2v) is 10.8. The molecule has 6 nitrogen and oxygen atoms in total. The smallest absolute Gasteiger partial charge is 0.332 e. The molecule has 4 amide bonds. The number of amides is 4. The number of barbiturate groups is 1. The molecule has 1 aliphatic carbocycles. The first-order chi connectivity index (χ1) is 13.9. The number of halogens is 1. The Labute approximate surface area is 176 Å².